The molecule has 1 unspecified atom stereocenters. The van der Waals surface area contributed by atoms with Gasteiger partial charge in [0.2, 0.25) is 5.96 Å². The summed E-state index contributed by atoms with van der Waals surface area (Å²) in [7, 11) is 1.19. The lowest BCUT2D eigenvalue weighted by molar-refractivity contribution is -0.123. The van der Waals surface area contributed by atoms with Gasteiger partial charge in [-0.05, 0) is 11.6 Å². The highest BCUT2D eigenvalue weighted by Gasteiger charge is 2.32. The van der Waals surface area contributed by atoms with Crippen molar-refractivity contribution in [3.8, 4) is 5.75 Å². The Hall–Kier alpha value is -3.13. The second kappa shape index (κ2) is 8.91. The highest BCUT2D eigenvalue weighted by molar-refractivity contribution is 8.13. The van der Waals surface area contributed by atoms with E-state index in [1.54, 1.807) is 4.90 Å². The van der Waals surface area contributed by atoms with Crippen LogP contribution in [0.1, 0.15) is 5.56 Å². The molecule has 3 rings (SSSR count). The van der Waals surface area contributed by atoms with E-state index in [2.05, 4.69) is 36.2 Å². The number of hydrogen-bond acceptors (Lipinski definition) is 10. The minimum atomic E-state index is -1.22. The van der Waals surface area contributed by atoms with Crippen LogP contribution in [0.5, 0.6) is 5.75 Å². The molecule has 11 nitrogen and oxygen atoms in total. The maximum Gasteiger partial charge on any atom is 0.411 e. The molecule has 0 aromatic heterocycles. The Kier molecular flexibility index (Phi) is 6.33. The normalized spacial score (nSPS) is 17.2. The van der Waals surface area contributed by atoms with Gasteiger partial charge in [0.05, 0.1) is 19.3 Å². The molecule has 0 saturated carbocycles. The lowest BCUT2D eigenvalue weighted by Crippen LogP contribution is -2.58. The second-order valence-electron chi connectivity index (χ2n) is 5.70. The number of halogens is 2. The zero-order valence-electron chi connectivity index (χ0n) is 15.0. The number of methoxy groups -OCH3 is 1. The van der Waals surface area contributed by atoms with Crippen molar-refractivity contribution in [2.45, 2.75) is 12.8 Å². The molecule has 0 radical (unpaired) electrons. The van der Waals surface area contributed by atoms with Gasteiger partial charge in [-0.1, -0.05) is 11.8 Å². The van der Waals surface area contributed by atoms with E-state index in [0.29, 0.717) is 11.3 Å². The minimum absolute atomic E-state index is 0.106. The molecule has 0 spiro atoms. The Labute approximate surface area is 167 Å². The van der Waals surface area contributed by atoms with Gasteiger partial charge in [-0.2, -0.15) is 10.4 Å². The first-order valence-electron chi connectivity index (χ1n) is 8.15. The Balaban J connectivity index is 1.88. The van der Waals surface area contributed by atoms with Gasteiger partial charge >= 0.3 is 6.09 Å². The Morgan fingerprint density at radius 3 is 2.93 bits per heavy atom. The van der Waals surface area contributed by atoms with Crippen LogP contribution in [0.15, 0.2) is 22.1 Å². The van der Waals surface area contributed by atoms with Crippen LogP contribution in [0.4, 0.5) is 25.0 Å². The molecule has 1 atom stereocenters. The number of guanidine groups is 1. The average Bonchev–Trinajstić information content (AvgIpc) is 2.71. The number of phenols is 1. The summed E-state index contributed by atoms with van der Waals surface area (Å²) in [6, 6.07) is 2.15. The molecule has 156 valence electrons. The van der Waals surface area contributed by atoms with Crippen LogP contribution < -0.4 is 21.5 Å². The fraction of sp³-hybridized carbons (Fsp3) is 0.333. The number of nitrogens with one attached hydrogen (secondary N) is 4. The highest BCUT2D eigenvalue weighted by Crippen LogP contribution is 2.35. The number of phenolic OH excluding ortho intramolecular Hbond substituents is 1. The van der Waals surface area contributed by atoms with Crippen LogP contribution in [0, 0.1) is 0 Å². The molecule has 2 aliphatic rings. The van der Waals surface area contributed by atoms with Crippen LogP contribution in [-0.4, -0.2) is 59.2 Å². The Morgan fingerprint density at radius 1 is 1.45 bits per heavy atom. The van der Waals surface area contributed by atoms with Gasteiger partial charge in [-0.25, -0.2) is 18.6 Å². The number of ether oxygens (including phenoxy) is 1. The third-order valence-electron chi connectivity index (χ3n) is 3.88. The largest absolute Gasteiger partial charge is 0.506 e. The van der Waals surface area contributed by atoms with Crippen molar-refractivity contribution in [3.05, 3.63) is 17.7 Å². The molecule has 29 heavy (non-hydrogen) atoms. The van der Waals surface area contributed by atoms with E-state index in [-0.39, 0.29) is 29.1 Å². The topological polar surface area (TPSA) is 140 Å². The molecule has 2 amide bonds. The SMILES string of the molecule is COC(=O)Nc1cc2c(cc1O)NC1=NC(SCF)=NC(NNC(=O)CF)N1C2. The molecule has 14 heteroatoms. The number of aromatic hydroxyl groups is 1. The van der Waals surface area contributed by atoms with E-state index in [4.69, 9.17) is 0 Å². The molecule has 2 aliphatic heterocycles. The molecule has 0 fully saturated rings. The first kappa shape index (κ1) is 20.6. The summed E-state index contributed by atoms with van der Waals surface area (Å²) in [5.74, 6) is -0.823. The van der Waals surface area contributed by atoms with Gasteiger partial charge in [0.1, 0.15) is 11.8 Å². The number of thioether (sulfide) groups is 1. The number of amidine groups is 1. The zero-order valence-corrected chi connectivity index (χ0v) is 15.8. The van der Waals surface area contributed by atoms with Gasteiger partial charge in [0.15, 0.2) is 18.1 Å². The third kappa shape index (κ3) is 4.65. The number of carbonyl (C=O) groups is 2. The van der Waals surface area contributed by atoms with Crippen LogP contribution >= 0.6 is 11.8 Å². The summed E-state index contributed by atoms with van der Waals surface area (Å²) in [4.78, 5) is 32.6. The summed E-state index contributed by atoms with van der Waals surface area (Å²) in [6.07, 6.45) is -1.66. The second-order valence-corrected chi connectivity index (χ2v) is 6.57. The van der Waals surface area contributed by atoms with E-state index < -0.39 is 31.0 Å². The maximum atomic E-state index is 12.7. The maximum absolute atomic E-state index is 12.7. The molecule has 0 saturated heterocycles. The number of hydrogen-bond donors (Lipinski definition) is 5. The smallest absolute Gasteiger partial charge is 0.411 e. The van der Waals surface area contributed by atoms with Crippen molar-refractivity contribution >= 4 is 46.3 Å². The first-order valence-corrected chi connectivity index (χ1v) is 9.13. The van der Waals surface area contributed by atoms with Crippen LogP contribution in [-0.2, 0) is 16.1 Å². The molecular formula is C15H17F2N7O4S. The molecule has 0 bridgehead atoms. The standard InChI is InChI=1S/C15H17F2N7O4S/c1-28-15(27)19-9-2-7-5-24-12(18-8(7)3-10(9)25)20-14(29-6-17)21-13(24)23-22-11(26)4-16/h2-3,13,23,25H,4-6H2,1H3,(H,19,27)(H,22,26)(H,18,20,21). The third-order valence-corrected chi connectivity index (χ3v) is 4.44. The van der Waals surface area contributed by atoms with Crippen molar-refractivity contribution in [2.75, 3.05) is 30.4 Å². The number of nitrogens with zero attached hydrogens (tertiary/aromatic N) is 3. The predicted molar refractivity (Wildman–Crippen MR) is 103 cm³/mol. The molecule has 5 N–H and O–H groups in total. The number of carbonyl (C=O) groups excluding carboxylic acids is 2. The minimum Gasteiger partial charge on any atom is -0.506 e. The van der Waals surface area contributed by atoms with Gasteiger partial charge in [-0.3, -0.25) is 15.5 Å². The monoisotopic (exact) mass is 429 g/mol. The van der Waals surface area contributed by atoms with Crippen molar-refractivity contribution in [1.82, 2.24) is 15.8 Å². The fourth-order valence-corrected chi connectivity index (χ4v) is 3.01. The van der Waals surface area contributed by atoms with Crippen LogP contribution in [0.2, 0.25) is 0 Å². The van der Waals surface area contributed by atoms with Gasteiger partial charge in [0.25, 0.3) is 5.91 Å². The summed E-state index contributed by atoms with van der Waals surface area (Å²) in [5.41, 5.74) is 6.00. The van der Waals surface area contributed by atoms with E-state index >= 15 is 0 Å². The van der Waals surface area contributed by atoms with Gasteiger partial charge < -0.3 is 20.1 Å². The Morgan fingerprint density at radius 2 is 2.24 bits per heavy atom. The van der Waals surface area contributed by atoms with E-state index in [1.165, 1.54) is 19.2 Å². The molecule has 1 aromatic rings. The Bertz CT molecular complexity index is 882. The lowest BCUT2D eigenvalue weighted by atomic mass is 10.1. The average molecular weight is 429 g/mol. The van der Waals surface area contributed by atoms with Crippen LogP contribution in [0.3, 0.4) is 0 Å². The number of alkyl halides is 2. The van der Waals surface area contributed by atoms with Crippen molar-refractivity contribution in [3.63, 3.8) is 0 Å². The lowest BCUT2D eigenvalue weighted by Gasteiger charge is -2.38. The molecule has 0 aliphatic carbocycles. The van der Waals surface area contributed by atoms with E-state index in [1.807, 2.05) is 0 Å². The number of benzene rings is 1. The van der Waals surface area contributed by atoms with Gasteiger partial charge in [-0.15, -0.1) is 0 Å². The molecule has 1 aromatic carbocycles. The number of hydrazine groups is 1. The molecular weight excluding hydrogens is 412 g/mol. The summed E-state index contributed by atoms with van der Waals surface area (Å²) in [5, 5.41) is 15.6. The number of rotatable bonds is 5. The van der Waals surface area contributed by atoms with Crippen molar-refractivity contribution < 1.29 is 28.2 Å². The van der Waals surface area contributed by atoms with Crippen molar-refractivity contribution in [1.29, 1.82) is 0 Å². The molecule has 2 heterocycles. The van der Waals surface area contributed by atoms with E-state index in [0.717, 1.165) is 11.8 Å². The number of aliphatic imine (C=N–C) groups is 2. The number of amides is 2. The quantitative estimate of drug-likeness (QED) is 0.346. The van der Waals surface area contributed by atoms with Gasteiger partial charge in [0, 0.05) is 11.8 Å². The highest BCUT2D eigenvalue weighted by atomic mass is 32.2. The summed E-state index contributed by atoms with van der Waals surface area (Å²) >= 11 is 0.740. The number of anilines is 2. The fourth-order valence-electron chi connectivity index (χ4n) is 2.59. The summed E-state index contributed by atoms with van der Waals surface area (Å²) < 4.78 is 29.7. The van der Waals surface area contributed by atoms with Crippen LogP contribution in [0.25, 0.3) is 0 Å². The van der Waals surface area contributed by atoms with Crippen molar-refractivity contribution in [2.24, 2.45) is 9.98 Å². The zero-order chi connectivity index (χ0) is 21.0. The number of fused-ring (bicyclic) bond motifs is 2. The van der Waals surface area contributed by atoms with E-state index in [9.17, 15) is 23.5 Å². The predicted octanol–water partition coefficient (Wildman–Crippen LogP) is 1.06. The summed E-state index contributed by atoms with van der Waals surface area (Å²) in [6.45, 7) is -1.03. The first-order chi connectivity index (χ1) is 13.9.